The average Bonchev–Trinajstić information content (AvgIpc) is 2.79. The molecule has 1 aromatic rings. The Morgan fingerprint density at radius 1 is 1.05 bits per heavy atom. The minimum Gasteiger partial charge on any atom is -0.497 e. The summed E-state index contributed by atoms with van der Waals surface area (Å²) >= 11 is 0. The van der Waals surface area contributed by atoms with Gasteiger partial charge in [-0.15, -0.1) is 0 Å². The molecule has 1 aliphatic carbocycles. The Hall–Kier alpha value is -2.62. The van der Waals surface area contributed by atoms with Crippen LogP contribution in [-0.4, -0.2) is 30.7 Å². The van der Waals surface area contributed by atoms with Crippen molar-refractivity contribution in [3.05, 3.63) is 71.2 Å². The van der Waals surface area contributed by atoms with Gasteiger partial charge < -0.3 is 9.64 Å². The summed E-state index contributed by atoms with van der Waals surface area (Å²) in [6.07, 6.45) is 8.30. The molecule has 4 nitrogen and oxygen atoms in total. The third-order valence-electron chi connectivity index (χ3n) is 3.53. The van der Waals surface area contributed by atoms with Gasteiger partial charge in [-0.2, -0.15) is 0 Å². The first-order valence-electron chi connectivity index (χ1n) is 7.04. The summed E-state index contributed by atoms with van der Waals surface area (Å²) in [5.41, 5.74) is 1.96. The van der Waals surface area contributed by atoms with Gasteiger partial charge in [0.25, 0.3) is 5.91 Å². The molecule has 0 atom stereocenters. The molecule has 0 aromatic heterocycles. The molecule has 0 N–H and O–H groups in total. The molecule has 0 heterocycles. The molecular formula is C18H19NO3. The molecule has 1 amide bonds. The number of rotatable bonds is 4. The van der Waals surface area contributed by atoms with Crippen LogP contribution in [0.1, 0.15) is 34.1 Å². The highest BCUT2D eigenvalue weighted by Crippen LogP contribution is 2.16. The van der Waals surface area contributed by atoms with E-state index >= 15 is 0 Å². The fourth-order valence-electron chi connectivity index (χ4n) is 2.16. The Morgan fingerprint density at radius 2 is 1.68 bits per heavy atom. The number of allylic oxidation sites excluding steroid dienone is 4. The van der Waals surface area contributed by atoms with Gasteiger partial charge in [-0.05, 0) is 43.7 Å². The van der Waals surface area contributed by atoms with Crippen LogP contribution in [0.2, 0.25) is 0 Å². The topological polar surface area (TPSA) is 46.6 Å². The molecule has 0 saturated carbocycles. The first-order valence-corrected chi connectivity index (χ1v) is 7.04. The predicted octanol–water partition coefficient (Wildman–Crippen LogP) is 3.34. The first kappa shape index (κ1) is 15.8. The van der Waals surface area contributed by atoms with Gasteiger partial charge in [-0.25, -0.2) is 0 Å². The van der Waals surface area contributed by atoms with Crippen LogP contribution in [-0.2, 0) is 4.74 Å². The third kappa shape index (κ3) is 3.52. The fraction of sp³-hybridized carbons (Fsp3) is 0.222. The van der Waals surface area contributed by atoms with Crippen LogP contribution in [0.4, 0.5) is 0 Å². The molecule has 22 heavy (non-hydrogen) atoms. The predicted molar refractivity (Wildman–Crippen MR) is 85.5 cm³/mol. The van der Waals surface area contributed by atoms with E-state index < -0.39 is 0 Å². The molecular weight excluding hydrogens is 278 g/mol. The van der Waals surface area contributed by atoms with Gasteiger partial charge in [-0.1, -0.05) is 18.2 Å². The van der Waals surface area contributed by atoms with E-state index in [0.29, 0.717) is 17.5 Å². The number of methoxy groups -OCH3 is 1. The second-order valence-corrected chi connectivity index (χ2v) is 5.01. The lowest BCUT2D eigenvalue weighted by atomic mass is 10.1. The van der Waals surface area contributed by atoms with E-state index in [-0.39, 0.29) is 11.7 Å². The van der Waals surface area contributed by atoms with E-state index in [1.165, 1.54) is 6.92 Å². The van der Waals surface area contributed by atoms with Crippen LogP contribution in [0.15, 0.2) is 60.0 Å². The van der Waals surface area contributed by atoms with Gasteiger partial charge in [0.2, 0.25) is 0 Å². The highest BCUT2D eigenvalue weighted by molar-refractivity contribution is 5.98. The fourth-order valence-corrected chi connectivity index (χ4v) is 2.16. The normalized spacial score (nSPS) is 13.8. The van der Waals surface area contributed by atoms with Crippen molar-refractivity contribution in [1.82, 2.24) is 4.90 Å². The van der Waals surface area contributed by atoms with Crippen LogP contribution in [0.3, 0.4) is 0 Å². The first-order chi connectivity index (χ1) is 10.5. The zero-order valence-corrected chi connectivity index (χ0v) is 13.0. The standard InChI is InChI=1S/C18H19NO3/c1-13(20)14-7-9-15(10-8-14)18(21)19(2)16-5-4-6-17(22-3)12-11-16/h5-12H,4H2,1-3H3. The SMILES string of the molecule is COC1=CCC=C(N(C)C(=O)c2ccc(C(C)=O)cc2)C=C1. The maximum Gasteiger partial charge on any atom is 0.257 e. The van der Waals surface area contributed by atoms with Gasteiger partial charge in [0.05, 0.1) is 7.11 Å². The number of likely N-dealkylation sites (N-methyl/N-ethyl adjacent to an activating group) is 1. The largest absolute Gasteiger partial charge is 0.497 e. The minimum atomic E-state index is -0.119. The van der Waals surface area contributed by atoms with Gasteiger partial charge >= 0.3 is 0 Å². The highest BCUT2D eigenvalue weighted by Gasteiger charge is 2.15. The number of carbonyl (C=O) groups excluding carboxylic acids is 2. The maximum atomic E-state index is 12.5. The number of Topliss-reactive ketones (excluding diaryl/α,β-unsaturated/α-hetero) is 1. The molecule has 0 fully saturated rings. The van der Waals surface area contributed by atoms with E-state index in [2.05, 4.69) is 0 Å². The smallest absolute Gasteiger partial charge is 0.257 e. The van der Waals surface area contributed by atoms with Crippen molar-refractivity contribution in [2.75, 3.05) is 14.2 Å². The van der Waals surface area contributed by atoms with E-state index in [9.17, 15) is 9.59 Å². The molecule has 0 radical (unpaired) electrons. The number of ether oxygens (including phenoxy) is 1. The Bertz CT molecular complexity index is 666. The van der Waals surface area contributed by atoms with Crippen LogP contribution >= 0.6 is 0 Å². The summed E-state index contributed by atoms with van der Waals surface area (Å²) in [6, 6.07) is 6.70. The average molecular weight is 297 g/mol. The van der Waals surface area contributed by atoms with Crippen molar-refractivity contribution in [2.24, 2.45) is 0 Å². The van der Waals surface area contributed by atoms with Crippen LogP contribution in [0.5, 0.6) is 0 Å². The number of carbonyl (C=O) groups is 2. The van der Waals surface area contributed by atoms with Crippen molar-refractivity contribution < 1.29 is 14.3 Å². The highest BCUT2D eigenvalue weighted by atomic mass is 16.5. The van der Waals surface area contributed by atoms with E-state index in [1.807, 2.05) is 24.3 Å². The second kappa shape index (κ2) is 6.89. The summed E-state index contributed by atoms with van der Waals surface area (Å²) in [7, 11) is 3.35. The number of amides is 1. The number of hydrogen-bond donors (Lipinski definition) is 0. The second-order valence-electron chi connectivity index (χ2n) is 5.01. The zero-order valence-electron chi connectivity index (χ0n) is 13.0. The molecule has 0 spiro atoms. The number of nitrogens with zero attached hydrogens (tertiary/aromatic N) is 1. The van der Waals surface area contributed by atoms with Gasteiger partial charge in [0, 0.05) is 23.9 Å². The number of hydrogen-bond acceptors (Lipinski definition) is 3. The Labute approximate surface area is 130 Å². The zero-order chi connectivity index (χ0) is 16.1. The van der Waals surface area contributed by atoms with Crippen molar-refractivity contribution in [3.63, 3.8) is 0 Å². The molecule has 0 aliphatic heterocycles. The van der Waals surface area contributed by atoms with Gasteiger partial charge in [-0.3, -0.25) is 9.59 Å². The maximum absolute atomic E-state index is 12.5. The molecule has 2 rings (SSSR count). The molecule has 114 valence electrons. The van der Waals surface area contributed by atoms with E-state index in [4.69, 9.17) is 4.74 Å². The molecule has 1 aromatic carbocycles. The quantitative estimate of drug-likeness (QED) is 0.801. The number of ketones is 1. The van der Waals surface area contributed by atoms with Crippen molar-refractivity contribution in [1.29, 1.82) is 0 Å². The lowest BCUT2D eigenvalue weighted by Gasteiger charge is -2.18. The van der Waals surface area contributed by atoms with Crippen LogP contribution in [0, 0.1) is 0 Å². The van der Waals surface area contributed by atoms with Crippen LogP contribution in [0.25, 0.3) is 0 Å². The van der Waals surface area contributed by atoms with Gasteiger partial charge in [0.1, 0.15) is 5.76 Å². The minimum absolute atomic E-state index is 0.0140. The summed E-state index contributed by atoms with van der Waals surface area (Å²) in [4.78, 5) is 25.4. The van der Waals surface area contributed by atoms with E-state index in [1.54, 1.807) is 43.3 Å². The van der Waals surface area contributed by atoms with Crippen molar-refractivity contribution in [2.45, 2.75) is 13.3 Å². The van der Waals surface area contributed by atoms with E-state index in [0.717, 1.165) is 11.5 Å². The summed E-state index contributed by atoms with van der Waals surface area (Å²) in [5.74, 6) is 0.643. The lowest BCUT2D eigenvalue weighted by molar-refractivity contribution is 0.0839. The summed E-state index contributed by atoms with van der Waals surface area (Å²) in [6.45, 7) is 1.50. The van der Waals surface area contributed by atoms with Crippen molar-refractivity contribution in [3.8, 4) is 0 Å². The summed E-state index contributed by atoms with van der Waals surface area (Å²) in [5, 5.41) is 0. The Morgan fingerprint density at radius 3 is 2.27 bits per heavy atom. The monoisotopic (exact) mass is 297 g/mol. The molecule has 0 bridgehead atoms. The molecule has 1 aliphatic rings. The van der Waals surface area contributed by atoms with Crippen LogP contribution < -0.4 is 0 Å². The third-order valence-corrected chi connectivity index (χ3v) is 3.53. The summed E-state index contributed by atoms with van der Waals surface area (Å²) < 4.78 is 5.19. The molecule has 4 heteroatoms. The Balaban J connectivity index is 2.15. The van der Waals surface area contributed by atoms with Gasteiger partial charge in [0.15, 0.2) is 5.78 Å². The van der Waals surface area contributed by atoms with Crippen molar-refractivity contribution >= 4 is 11.7 Å². The number of benzene rings is 1. The lowest BCUT2D eigenvalue weighted by Crippen LogP contribution is -2.25. The Kier molecular flexibility index (Phi) is 4.94. The molecule has 0 saturated heterocycles. The molecule has 0 unspecified atom stereocenters.